The smallest absolute Gasteiger partial charge is 0.250 e. The van der Waals surface area contributed by atoms with Crippen molar-refractivity contribution >= 4 is 17.5 Å². The number of aliphatic hydroxyl groups is 1. The third kappa shape index (κ3) is 4.09. The molecule has 0 saturated heterocycles. The summed E-state index contributed by atoms with van der Waals surface area (Å²) in [6, 6.07) is 15.7. The van der Waals surface area contributed by atoms with E-state index < -0.39 is 6.10 Å². The first-order chi connectivity index (χ1) is 10.5. The number of nitrogens with zero attached hydrogens (tertiary/aromatic N) is 1. The van der Waals surface area contributed by atoms with Gasteiger partial charge in [0.05, 0.1) is 0 Å². The fourth-order valence-corrected chi connectivity index (χ4v) is 2.52. The van der Waals surface area contributed by atoms with E-state index >= 15 is 0 Å². The van der Waals surface area contributed by atoms with Crippen LogP contribution in [0.2, 0.25) is 5.02 Å². The molecule has 1 amide bonds. The number of amides is 1. The van der Waals surface area contributed by atoms with Gasteiger partial charge in [0.1, 0.15) is 6.10 Å². The van der Waals surface area contributed by atoms with Crippen LogP contribution in [0, 0.1) is 0 Å². The molecule has 0 bridgehead atoms. The van der Waals surface area contributed by atoms with Crippen molar-refractivity contribution in [2.24, 2.45) is 0 Å². The molecule has 2 rings (SSSR count). The van der Waals surface area contributed by atoms with E-state index in [1.807, 2.05) is 48.5 Å². The van der Waals surface area contributed by atoms with Crippen molar-refractivity contribution in [3.05, 3.63) is 59.1 Å². The van der Waals surface area contributed by atoms with Gasteiger partial charge in [0.15, 0.2) is 0 Å². The van der Waals surface area contributed by atoms with Gasteiger partial charge in [-0.2, -0.15) is 0 Å². The summed E-state index contributed by atoms with van der Waals surface area (Å²) in [5.41, 5.74) is 3.14. The molecule has 0 spiro atoms. The van der Waals surface area contributed by atoms with E-state index in [9.17, 15) is 9.90 Å². The SMILES string of the molecule is CN(C)C(=O)C(O)CCc1ccc(-c2ccccc2Cl)cc1. The third-order valence-electron chi connectivity index (χ3n) is 3.57. The first kappa shape index (κ1) is 16.5. The van der Waals surface area contributed by atoms with Crippen molar-refractivity contribution in [3.8, 4) is 11.1 Å². The molecule has 0 aliphatic carbocycles. The van der Waals surface area contributed by atoms with Gasteiger partial charge < -0.3 is 10.0 Å². The maximum absolute atomic E-state index is 11.6. The summed E-state index contributed by atoms with van der Waals surface area (Å²) in [6.45, 7) is 0. The van der Waals surface area contributed by atoms with E-state index in [-0.39, 0.29) is 5.91 Å². The Labute approximate surface area is 136 Å². The van der Waals surface area contributed by atoms with Crippen LogP contribution < -0.4 is 0 Å². The van der Waals surface area contributed by atoms with E-state index in [2.05, 4.69) is 0 Å². The van der Waals surface area contributed by atoms with E-state index in [0.717, 1.165) is 21.7 Å². The number of hydrogen-bond donors (Lipinski definition) is 1. The number of likely N-dealkylation sites (N-methyl/N-ethyl adjacent to an activating group) is 1. The molecule has 1 unspecified atom stereocenters. The van der Waals surface area contributed by atoms with Crippen LogP contribution in [0.5, 0.6) is 0 Å². The lowest BCUT2D eigenvalue weighted by atomic mass is 10.0. The minimum absolute atomic E-state index is 0.257. The second kappa shape index (κ2) is 7.43. The van der Waals surface area contributed by atoms with Crippen LogP contribution >= 0.6 is 11.6 Å². The molecule has 22 heavy (non-hydrogen) atoms. The Morgan fingerprint density at radius 1 is 1.14 bits per heavy atom. The maximum atomic E-state index is 11.6. The van der Waals surface area contributed by atoms with E-state index in [4.69, 9.17) is 11.6 Å². The highest BCUT2D eigenvalue weighted by molar-refractivity contribution is 6.33. The van der Waals surface area contributed by atoms with Crippen LogP contribution in [0.1, 0.15) is 12.0 Å². The number of halogens is 1. The van der Waals surface area contributed by atoms with Gasteiger partial charge in [-0.15, -0.1) is 0 Å². The molecule has 0 saturated carbocycles. The summed E-state index contributed by atoms with van der Waals surface area (Å²) in [5, 5.41) is 10.5. The molecule has 0 heterocycles. The van der Waals surface area contributed by atoms with Crippen molar-refractivity contribution in [2.45, 2.75) is 18.9 Å². The molecule has 0 aliphatic heterocycles. The van der Waals surface area contributed by atoms with Gasteiger partial charge >= 0.3 is 0 Å². The summed E-state index contributed by atoms with van der Waals surface area (Å²) >= 11 is 6.19. The summed E-state index contributed by atoms with van der Waals surface area (Å²) in [6.07, 6.45) is 0.129. The number of aliphatic hydroxyl groups excluding tert-OH is 1. The summed E-state index contributed by atoms with van der Waals surface area (Å²) < 4.78 is 0. The standard InChI is InChI=1S/C18H20ClNO2/c1-20(2)18(22)17(21)12-9-13-7-10-14(11-8-13)15-5-3-4-6-16(15)19/h3-8,10-11,17,21H,9,12H2,1-2H3. The second-order valence-electron chi connectivity index (χ2n) is 5.46. The molecule has 2 aromatic carbocycles. The molecule has 1 atom stereocenters. The zero-order chi connectivity index (χ0) is 16.1. The average Bonchev–Trinajstić information content (AvgIpc) is 2.53. The highest BCUT2D eigenvalue weighted by atomic mass is 35.5. The lowest BCUT2D eigenvalue weighted by Crippen LogP contribution is -2.33. The number of aryl methyl sites for hydroxylation is 1. The minimum Gasteiger partial charge on any atom is -0.383 e. The predicted octanol–water partition coefficient (Wildman–Crippen LogP) is 3.39. The van der Waals surface area contributed by atoms with Crippen LogP contribution in [0.3, 0.4) is 0 Å². The van der Waals surface area contributed by atoms with Crippen LogP contribution in [0.15, 0.2) is 48.5 Å². The van der Waals surface area contributed by atoms with Gasteiger partial charge in [0.25, 0.3) is 5.91 Å². The highest BCUT2D eigenvalue weighted by Gasteiger charge is 2.16. The third-order valence-corrected chi connectivity index (χ3v) is 3.90. The van der Waals surface area contributed by atoms with Crippen molar-refractivity contribution in [1.29, 1.82) is 0 Å². The first-order valence-electron chi connectivity index (χ1n) is 7.22. The summed E-state index contributed by atoms with van der Waals surface area (Å²) in [5.74, 6) is -0.257. The molecular weight excluding hydrogens is 298 g/mol. The second-order valence-corrected chi connectivity index (χ2v) is 5.87. The number of carbonyl (C=O) groups excluding carboxylic acids is 1. The maximum Gasteiger partial charge on any atom is 0.250 e. The average molecular weight is 318 g/mol. The Morgan fingerprint density at radius 3 is 2.36 bits per heavy atom. The van der Waals surface area contributed by atoms with Crippen molar-refractivity contribution in [2.75, 3.05) is 14.1 Å². The molecule has 0 aromatic heterocycles. The van der Waals surface area contributed by atoms with Gasteiger partial charge in [-0.05, 0) is 30.0 Å². The van der Waals surface area contributed by atoms with Crippen LogP contribution in [0.25, 0.3) is 11.1 Å². The Kier molecular flexibility index (Phi) is 5.58. The van der Waals surface area contributed by atoms with E-state index in [1.165, 1.54) is 4.90 Å². The van der Waals surface area contributed by atoms with Gasteiger partial charge in [0, 0.05) is 24.7 Å². The zero-order valence-electron chi connectivity index (χ0n) is 12.8. The number of benzene rings is 2. The fraction of sp³-hybridized carbons (Fsp3) is 0.278. The van der Waals surface area contributed by atoms with E-state index in [1.54, 1.807) is 14.1 Å². The highest BCUT2D eigenvalue weighted by Crippen LogP contribution is 2.27. The molecule has 0 aliphatic rings. The summed E-state index contributed by atoms with van der Waals surface area (Å²) in [4.78, 5) is 13.0. The lowest BCUT2D eigenvalue weighted by molar-refractivity contribution is -0.137. The molecule has 1 N–H and O–H groups in total. The van der Waals surface area contributed by atoms with E-state index in [0.29, 0.717) is 12.8 Å². The van der Waals surface area contributed by atoms with Gasteiger partial charge in [-0.25, -0.2) is 0 Å². The Bertz CT molecular complexity index is 638. The van der Waals surface area contributed by atoms with Crippen molar-refractivity contribution in [1.82, 2.24) is 4.90 Å². The summed E-state index contributed by atoms with van der Waals surface area (Å²) in [7, 11) is 3.29. The zero-order valence-corrected chi connectivity index (χ0v) is 13.5. The van der Waals surface area contributed by atoms with Crippen LogP contribution in [-0.4, -0.2) is 36.1 Å². The topological polar surface area (TPSA) is 40.5 Å². The Morgan fingerprint density at radius 2 is 1.77 bits per heavy atom. The van der Waals surface area contributed by atoms with Gasteiger partial charge in [-0.1, -0.05) is 54.1 Å². The predicted molar refractivity (Wildman–Crippen MR) is 89.9 cm³/mol. The molecule has 0 fully saturated rings. The Hall–Kier alpha value is -1.84. The molecule has 3 nitrogen and oxygen atoms in total. The van der Waals surface area contributed by atoms with Crippen molar-refractivity contribution in [3.63, 3.8) is 0 Å². The molecule has 2 aromatic rings. The number of carbonyl (C=O) groups is 1. The molecule has 0 radical (unpaired) electrons. The Balaban J connectivity index is 2.01. The van der Waals surface area contributed by atoms with Crippen LogP contribution in [-0.2, 0) is 11.2 Å². The minimum atomic E-state index is -0.946. The monoisotopic (exact) mass is 317 g/mol. The molecule has 4 heteroatoms. The van der Waals surface area contributed by atoms with Crippen LogP contribution in [0.4, 0.5) is 0 Å². The number of hydrogen-bond acceptors (Lipinski definition) is 2. The number of rotatable bonds is 5. The van der Waals surface area contributed by atoms with Gasteiger partial charge in [-0.3, -0.25) is 4.79 Å². The lowest BCUT2D eigenvalue weighted by Gasteiger charge is -2.15. The molecule has 116 valence electrons. The quantitative estimate of drug-likeness (QED) is 0.918. The first-order valence-corrected chi connectivity index (χ1v) is 7.60. The normalized spacial score (nSPS) is 12.0. The van der Waals surface area contributed by atoms with Crippen molar-refractivity contribution < 1.29 is 9.90 Å². The van der Waals surface area contributed by atoms with Gasteiger partial charge in [0.2, 0.25) is 0 Å². The largest absolute Gasteiger partial charge is 0.383 e. The molecular formula is C18H20ClNO2. The fourth-order valence-electron chi connectivity index (χ4n) is 2.27.